The molecule has 1 amide bonds. The summed E-state index contributed by atoms with van der Waals surface area (Å²) in [6.45, 7) is 6.21. The number of hydrogen-bond acceptors (Lipinski definition) is 6. The van der Waals surface area contributed by atoms with Gasteiger partial charge in [0, 0.05) is 5.69 Å². The molecule has 1 aliphatic rings. The Morgan fingerprint density at radius 1 is 1.42 bits per heavy atom. The van der Waals surface area contributed by atoms with Gasteiger partial charge in [0.1, 0.15) is 6.04 Å². The highest BCUT2D eigenvalue weighted by atomic mass is 32.2. The van der Waals surface area contributed by atoms with Crippen molar-refractivity contribution in [1.29, 1.82) is 0 Å². The first-order valence-corrected chi connectivity index (χ1v) is 10.3. The van der Waals surface area contributed by atoms with E-state index in [1.54, 1.807) is 19.1 Å². The quantitative estimate of drug-likeness (QED) is 0.803. The third-order valence-electron chi connectivity index (χ3n) is 4.15. The maximum atomic E-state index is 13.2. The van der Waals surface area contributed by atoms with E-state index in [0.29, 0.717) is 31.5 Å². The van der Waals surface area contributed by atoms with Crippen LogP contribution in [-0.4, -0.2) is 48.5 Å². The number of carbonyl (C=O) groups excluding carboxylic acids is 2. The van der Waals surface area contributed by atoms with E-state index in [-0.39, 0.29) is 23.3 Å². The lowest BCUT2D eigenvalue weighted by Crippen LogP contribution is -2.49. The number of carbonyl (C=O) groups is 2. The maximum absolute atomic E-state index is 13.2. The molecular weight excluding hydrogens is 354 g/mol. The van der Waals surface area contributed by atoms with Crippen LogP contribution in [0.3, 0.4) is 0 Å². The van der Waals surface area contributed by atoms with Crippen LogP contribution in [0.4, 0.5) is 0 Å². The Morgan fingerprint density at radius 2 is 2.15 bits per heavy atom. The first kappa shape index (κ1) is 20.5. The smallest absolute Gasteiger partial charge is 0.284 e. The fraction of sp³-hybridized carbons (Fsp3) is 0.556. The predicted molar refractivity (Wildman–Crippen MR) is 97.7 cm³/mol. The van der Waals surface area contributed by atoms with Gasteiger partial charge in [-0.2, -0.15) is 8.42 Å². The lowest BCUT2D eigenvalue weighted by Gasteiger charge is -2.29. The van der Waals surface area contributed by atoms with Gasteiger partial charge < -0.3 is 5.32 Å². The standard InChI is InChI=1S/C18H26N3O4S/c1-13(2)9-10-18(23)21(15-7-5-11-19-12-16(15)22)26(24,25)17-8-4-6-14(3)20-17/h4,6,8,10,13,15,19H,5,7,9,11-12H2,1-3H3/t15-/m0/s1. The average molecular weight is 380 g/mol. The van der Waals surface area contributed by atoms with Gasteiger partial charge in [-0.1, -0.05) is 19.9 Å². The summed E-state index contributed by atoms with van der Waals surface area (Å²) < 4.78 is 27.1. The fourth-order valence-corrected chi connectivity index (χ4v) is 4.37. The van der Waals surface area contributed by atoms with E-state index in [9.17, 15) is 18.0 Å². The molecule has 1 aromatic heterocycles. The molecule has 2 rings (SSSR count). The highest BCUT2D eigenvalue weighted by Gasteiger charge is 2.40. The molecule has 7 nitrogen and oxygen atoms in total. The van der Waals surface area contributed by atoms with Crippen molar-refractivity contribution in [1.82, 2.24) is 14.6 Å². The van der Waals surface area contributed by atoms with Crippen LogP contribution in [0.1, 0.15) is 38.8 Å². The minimum absolute atomic E-state index is 0.0510. The van der Waals surface area contributed by atoms with Crippen LogP contribution in [0, 0.1) is 19.3 Å². The third-order valence-corrected chi connectivity index (χ3v) is 5.86. The summed E-state index contributed by atoms with van der Waals surface area (Å²) in [5.74, 6) is -0.764. The SMILES string of the molecule is Cc1cccc(S(=O)(=O)N(C(=O)[CH]CC(C)C)[C@H]2CCCNCC2=O)n1. The van der Waals surface area contributed by atoms with Gasteiger partial charge in [-0.25, -0.2) is 9.29 Å². The molecule has 0 spiro atoms. The average Bonchev–Trinajstić information content (AvgIpc) is 2.78. The monoisotopic (exact) mass is 380 g/mol. The Morgan fingerprint density at radius 3 is 2.81 bits per heavy atom. The summed E-state index contributed by atoms with van der Waals surface area (Å²) in [4.78, 5) is 29.4. The zero-order chi connectivity index (χ0) is 19.3. The van der Waals surface area contributed by atoms with Crippen LogP contribution < -0.4 is 5.32 Å². The third kappa shape index (κ3) is 4.88. The van der Waals surface area contributed by atoms with E-state index in [0.717, 1.165) is 4.31 Å². The molecule has 0 unspecified atom stereocenters. The minimum Gasteiger partial charge on any atom is -0.310 e. The second-order valence-corrected chi connectivity index (χ2v) is 8.65. The Hall–Kier alpha value is -1.80. The zero-order valence-electron chi connectivity index (χ0n) is 15.4. The number of nitrogens with one attached hydrogen (secondary N) is 1. The summed E-state index contributed by atoms with van der Waals surface area (Å²) >= 11 is 0. The number of ketones is 1. The van der Waals surface area contributed by atoms with E-state index < -0.39 is 22.0 Å². The maximum Gasteiger partial charge on any atom is 0.284 e. The van der Waals surface area contributed by atoms with Gasteiger partial charge in [-0.3, -0.25) is 9.59 Å². The van der Waals surface area contributed by atoms with Gasteiger partial charge in [-0.05, 0) is 50.8 Å². The molecule has 2 heterocycles. The molecule has 1 fully saturated rings. The number of hydrogen-bond donors (Lipinski definition) is 1. The lowest BCUT2D eigenvalue weighted by molar-refractivity contribution is -0.131. The van der Waals surface area contributed by atoms with Gasteiger partial charge in [-0.15, -0.1) is 0 Å². The number of Topliss-reactive ketones (excluding diaryl/α,β-unsaturated/α-hetero) is 1. The molecule has 0 saturated carbocycles. The molecule has 0 bridgehead atoms. The van der Waals surface area contributed by atoms with Gasteiger partial charge in [0.05, 0.1) is 13.0 Å². The van der Waals surface area contributed by atoms with Crippen LogP contribution in [-0.2, 0) is 19.6 Å². The topological polar surface area (TPSA) is 96.4 Å². The second kappa shape index (κ2) is 8.73. The second-order valence-electron chi connectivity index (χ2n) is 6.89. The van der Waals surface area contributed by atoms with Crippen molar-refractivity contribution < 1.29 is 18.0 Å². The molecule has 1 aromatic rings. The highest BCUT2D eigenvalue weighted by molar-refractivity contribution is 7.89. The Labute approximate surface area is 155 Å². The van der Waals surface area contributed by atoms with Crippen molar-refractivity contribution in [2.75, 3.05) is 13.1 Å². The summed E-state index contributed by atoms with van der Waals surface area (Å²) in [6.07, 6.45) is 2.70. The van der Waals surface area contributed by atoms with Crippen LogP contribution in [0.5, 0.6) is 0 Å². The first-order valence-electron chi connectivity index (χ1n) is 8.82. The van der Waals surface area contributed by atoms with Crippen molar-refractivity contribution in [2.24, 2.45) is 5.92 Å². The van der Waals surface area contributed by atoms with Gasteiger partial charge >= 0.3 is 0 Å². The Kier molecular flexibility index (Phi) is 6.88. The van der Waals surface area contributed by atoms with E-state index >= 15 is 0 Å². The number of amides is 1. The van der Waals surface area contributed by atoms with E-state index in [4.69, 9.17) is 0 Å². The van der Waals surface area contributed by atoms with Crippen molar-refractivity contribution in [2.45, 2.75) is 51.1 Å². The van der Waals surface area contributed by atoms with Crippen LogP contribution in [0.2, 0.25) is 0 Å². The molecule has 1 aliphatic heterocycles. The minimum atomic E-state index is -4.23. The number of pyridine rings is 1. The molecule has 0 aromatic carbocycles. The van der Waals surface area contributed by atoms with Gasteiger partial charge in [0.25, 0.3) is 10.0 Å². The summed E-state index contributed by atoms with van der Waals surface area (Å²) in [5.41, 5.74) is 0.526. The van der Waals surface area contributed by atoms with Crippen molar-refractivity contribution in [3.8, 4) is 0 Å². The molecule has 0 aliphatic carbocycles. The molecule has 1 atom stereocenters. The largest absolute Gasteiger partial charge is 0.310 e. The number of rotatable bonds is 6. The van der Waals surface area contributed by atoms with Crippen LogP contribution in [0.15, 0.2) is 23.2 Å². The number of sulfonamides is 1. The summed E-state index contributed by atoms with van der Waals surface area (Å²) in [6, 6.07) is 3.60. The van der Waals surface area contributed by atoms with E-state index in [2.05, 4.69) is 10.3 Å². The van der Waals surface area contributed by atoms with Crippen LogP contribution >= 0.6 is 0 Å². The molecular formula is C18H26N3O4S. The summed E-state index contributed by atoms with van der Waals surface area (Å²) in [5, 5.41) is 2.75. The molecule has 8 heteroatoms. The highest BCUT2D eigenvalue weighted by Crippen LogP contribution is 2.23. The number of aromatic nitrogens is 1. The van der Waals surface area contributed by atoms with Gasteiger partial charge in [0.2, 0.25) is 5.91 Å². The lowest BCUT2D eigenvalue weighted by atomic mass is 10.1. The van der Waals surface area contributed by atoms with Gasteiger partial charge in [0.15, 0.2) is 10.8 Å². The number of nitrogens with zero attached hydrogens (tertiary/aromatic N) is 2. The van der Waals surface area contributed by atoms with E-state index in [1.807, 2.05) is 13.8 Å². The Balaban J connectivity index is 2.44. The fourth-order valence-electron chi connectivity index (χ4n) is 2.79. The van der Waals surface area contributed by atoms with Crippen molar-refractivity contribution in [3.63, 3.8) is 0 Å². The normalized spacial score (nSPS) is 18.6. The molecule has 26 heavy (non-hydrogen) atoms. The van der Waals surface area contributed by atoms with Crippen LogP contribution in [0.25, 0.3) is 0 Å². The molecule has 143 valence electrons. The Bertz CT molecular complexity index is 761. The molecule has 1 N–H and O–H groups in total. The van der Waals surface area contributed by atoms with E-state index in [1.165, 1.54) is 12.5 Å². The number of aryl methyl sites for hydroxylation is 1. The first-order chi connectivity index (χ1) is 12.2. The predicted octanol–water partition coefficient (Wildman–Crippen LogP) is 1.48. The molecule has 1 saturated heterocycles. The molecule has 1 radical (unpaired) electrons. The summed E-state index contributed by atoms with van der Waals surface area (Å²) in [7, 11) is -4.23. The van der Waals surface area contributed by atoms with Crippen molar-refractivity contribution >= 4 is 21.7 Å². The van der Waals surface area contributed by atoms with Crippen molar-refractivity contribution in [3.05, 3.63) is 30.3 Å². The zero-order valence-corrected chi connectivity index (χ0v) is 16.3.